The Balaban J connectivity index is 2.31. The van der Waals surface area contributed by atoms with E-state index in [2.05, 4.69) is 18.0 Å². The van der Waals surface area contributed by atoms with Gasteiger partial charge in [0.1, 0.15) is 5.75 Å². The lowest BCUT2D eigenvalue weighted by Gasteiger charge is -2.18. The SMILES string of the molecule is C=CC1COc2c1cc(C)c1c2C(C)(C)C(=O)N1. The number of amides is 1. The van der Waals surface area contributed by atoms with Crippen molar-refractivity contribution < 1.29 is 9.53 Å². The highest BCUT2D eigenvalue weighted by Crippen LogP contribution is 2.50. The predicted octanol–water partition coefficient (Wildman–Crippen LogP) is 2.89. The van der Waals surface area contributed by atoms with E-state index in [1.165, 1.54) is 0 Å². The van der Waals surface area contributed by atoms with Crippen LogP contribution in [-0.2, 0) is 10.2 Å². The first kappa shape index (κ1) is 11.3. The monoisotopic (exact) mass is 243 g/mol. The Kier molecular flexibility index (Phi) is 2.12. The first-order chi connectivity index (χ1) is 8.46. The van der Waals surface area contributed by atoms with Gasteiger partial charge in [-0.2, -0.15) is 0 Å². The Morgan fingerprint density at radius 2 is 2.28 bits per heavy atom. The topological polar surface area (TPSA) is 38.3 Å². The van der Waals surface area contributed by atoms with Gasteiger partial charge < -0.3 is 10.1 Å². The van der Waals surface area contributed by atoms with Gasteiger partial charge in [-0.05, 0) is 32.4 Å². The molecule has 1 N–H and O–H groups in total. The molecule has 1 aromatic carbocycles. The number of hydrogen-bond acceptors (Lipinski definition) is 2. The van der Waals surface area contributed by atoms with Crippen LogP contribution in [0.3, 0.4) is 0 Å². The molecule has 2 aliphatic rings. The molecule has 0 saturated carbocycles. The number of nitrogens with one attached hydrogen (secondary N) is 1. The van der Waals surface area contributed by atoms with Crippen molar-refractivity contribution in [2.24, 2.45) is 0 Å². The Morgan fingerprint density at radius 3 is 2.94 bits per heavy atom. The van der Waals surface area contributed by atoms with Gasteiger partial charge in [-0.25, -0.2) is 0 Å². The van der Waals surface area contributed by atoms with E-state index in [1.54, 1.807) is 0 Å². The zero-order chi connectivity index (χ0) is 13.1. The van der Waals surface area contributed by atoms with Crippen molar-refractivity contribution in [3.05, 3.63) is 35.4 Å². The lowest BCUT2D eigenvalue weighted by atomic mass is 9.82. The second-order valence-electron chi connectivity index (χ2n) is 5.59. The minimum Gasteiger partial charge on any atom is -0.492 e. The number of fused-ring (bicyclic) bond motifs is 3. The van der Waals surface area contributed by atoms with Gasteiger partial charge in [-0.1, -0.05) is 6.08 Å². The quantitative estimate of drug-likeness (QED) is 0.770. The molecule has 3 nitrogen and oxygen atoms in total. The van der Waals surface area contributed by atoms with Gasteiger partial charge in [-0.3, -0.25) is 4.79 Å². The molecular weight excluding hydrogens is 226 g/mol. The fourth-order valence-corrected chi connectivity index (χ4v) is 2.86. The molecule has 1 atom stereocenters. The third kappa shape index (κ3) is 1.22. The van der Waals surface area contributed by atoms with Crippen molar-refractivity contribution >= 4 is 11.6 Å². The van der Waals surface area contributed by atoms with Gasteiger partial charge in [0, 0.05) is 17.0 Å². The van der Waals surface area contributed by atoms with E-state index in [1.807, 2.05) is 26.8 Å². The molecule has 94 valence electrons. The highest BCUT2D eigenvalue weighted by molar-refractivity contribution is 6.07. The number of anilines is 1. The Labute approximate surface area is 107 Å². The summed E-state index contributed by atoms with van der Waals surface area (Å²) in [5, 5.41) is 2.97. The third-order valence-corrected chi connectivity index (χ3v) is 4.03. The van der Waals surface area contributed by atoms with E-state index in [-0.39, 0.29) is 11.8 Å². The number of carbonyl (C=O) groups excluding carboxylic acids is 1. The lowest BCUT2D eigenvalue weighted by Crippen LogP contribution is -2.27. The van der Waals surface area contributed by atoms with Crippen LogP contribution in [0.25, 0.3) is 0 Å². The predicted molar refractivity (Wildman–Crippen MR) is 71.3 cm³/mol. The minimum atomic E-state index is -0.526. The maximum absolute atomic E-state index is 12.1. The maximum atomic E-state index is 12.1. The lowest BCUT2D eigenvalue weighted by molar-refractivity contribution is -0.119. The second kappa shape index (κ2) is 3.37. The van der Waals surface area contributed by atoms with Crippen molar-refractivity contribution in [3.63, 3.8) is 0 Å². The summed E-state index contributed by atoms with van der Waals surface area (Å²) in [6, 6.07) is 2.11. The summed E-state index contributed by atoms with van der Waals surface area (Å²) in [5.74, 6) is 1.15. The van der Waals surface area contributed by atoms with Crippen LogP contribution >= 0.6 is 0 Å². The Hall–Kier alpha value is -1.77. The second-order valence-corrected chi connectivity index (χ2v) is 5.59. The van der Waals surface area contributed by atoms with Crippen molar-refractivity contribution in [2.75, 3.05) is 11.9 Å². The first-order valence-corrected chi connectivity index (χ1v) is 6.21. The Bertz CT molecular complexity index is 572. The van der Waals surface area contributed by atoms with Gasteiger partial charge >= 0.3 is 0 Å². The van der Waals surface area contributed by atoms with Crippen molar-refractivity contribution in [1.29, 1.82) is 0 Å². The molecule has 2 aliphatic heterocycles. The van der Waals surface area contributed by atoms with Crippen molar-refractivity contribution in [2.45, 2.75) is 32.1 Å². The summed E-state index contributed by atoms with van der Waals surface area (Å²) in [6.45, 7) is 10.4. The number of ether oxygens (including phenoxy) is 1. The van der Waals surface area contributed by atoms with Gasteiger partial charge in [0.15, 0.2) is 0 Å². The summed E-state index contributed by atoms with van der Waals surface area (Å²) >= 11 is 0. The van der Waals surface area contributed by atoms with Crippen LogP contribution in [0.5, 0.6) is 5.75 Å². The smallest absolute Gasteiger partial charge is 0.234 e. The largest absolute Gasteiger partial charge is 0.492 e. The summed E-state index contributed by atoms with van der Waals surface area (Å²) in [7, 11) is 0. The standard InChI is InChI=1S/C15H17NO2/c1-5-9-7-18-13-10(9)6-8(2)12-11(13)15(3,4)14(17)16-12/h5-6,9H,1,7H2,2-4H3,(H,16,17). The van der Waals surface area contributed by atoms with Crippen LogP contribution in [0.15, 0.2) is 18.7 Å². The number of benzene rings is 1. The van der Waals surface area contributed by atoms with E-state index in [9.17, 15) is 4.79 Å². The van der Waals surface area contributed by atoms with Crippen LogP contribution in [-0.4, -0.2) is 12.5 Å². The van der Waals surface area contributed by atoms with Crippen molar-refractivity contribution in [1.82, 2.24) is 0 Å². The summed E-state index contributed by atoms with van der Waals surface area (Å²) in [6.07, 6.45) is 1.91. The molecule has 0 radical (unpaired) electrons. The molecule has 0 bridgehead atoms. The summed E-state index contributed by atoms with van der Waals surface area (Å²) < 4.78 is 5.82. The van der Waals surface area contributed by atoms with Crippen LogP contribution in [0, 0.1) is 6.92 Å². The van der Waals surface area contributed by atoms with Crippen LogP contribution in [0.1, 0.15) is 36.5 Å². The maximum Gasteiger partial charge on any atom is 0.234 e. The van der Waals surface area contributed by atoms with Gasteiger partial charge in [0.05, 0.1) is 17.7 Å². The molecule has 0 aliphatic carbocycles. The number of aryl methyl sites for hydroxylation is 1. The molecule has 3 heteroatoms. The van der Waals surface area contributed by atoms with E-state index < -0.39 is 5.41 Å². The number of carbonyl (C=O) groups is 1. The molecule has 3 rings (SSSR count). The van der Waals surface area contributed by atoms with Crippen molar-refractivity contribution in [3.8, 4) is 5.75 Å². The van der Waals surface area contributed by atoms with Gasteiger partial charge in [0.25, 0.3) is 0 Å². The molecule has 1 amide bonds. The average molecular weight is 243 g/mol. The van der Waals surface area contributed by atoms with Crippen LogP contribution < -0.4 is 10.1 Å². The highest BCUT2D eigenvalue weighted by Gasteiger charge is 2.44. The summed E-state index contributed by atoms with van der Waals surface area (Å²) in [5.41, 5.74) is 3.66. The summed E-state index contributed by atoms with van der Waals surface area (Å²) in [4.78, 5) is 12.1. The van der Waals surface area contributed by atoms with Crippen LogP contribution in [0.4, 0.5) is 5.69 Å². The van der Waals surface area contributed by atoms with Gasteiger partial charge in [0.2, 0.25) is 5.91 Å². The third-order valence-electron chi connectivity index (χ3n) is 4.03. The first-order valence-electron chi connectivity index (χ1n) is 6.21. The molecule has 0 saturated heterocycles. The molecule has 1 unspecified atom stereocenters. The minimum absolute atomic E-state index is 0.0413. The number of hydrogen-bond donors (Lipinski definition) is 1. The molecule has 0 aromatic heterocycles. The zero-order valence-corrected chi connectivity index (χ0v) is 11.0. The van der Waals surface area contributed by atoms with Crippen LogP contribution in [0.2, 0.25) is 0 Å². The average Bonchev–Trinajstić information content (AvgIpc) is 2.80. The van der Waals surface area contributed by atoms with E-state index >= 15 is 0 Å². The number of rotatable bonds is 1. The normalized spacial score (nSPS) is 23.1. The molecule has 2 heterocycles. The highest BCUT2D eigenvalue weighted by atomic mass is 16.5. The fraction of sp³-hybridized carbons (Fsp3) is 0.400. The molecule has 18 heavy (non-hydrogen) atoms. The van der Waals surface area contributed by atoms with E-state index in [0.717, 1.165) is 28.1 Å². The zero-order valence-electron chi connectivity index (χ0n) is 11.0. The molecular formula is C15H17NO2. The molecule has 0 spiro atoms. The molecule has 1 aromatic rings. The fourth-order valence-electron chi connectivity index (χ4n) is 2.86. The van der Waals surface area contributed by atoms with E-state index in [4.69, 9.17) is 4.74 Å². The van der Waals surface area contributed by atoms with Gasteiger partial charge in [-0.15, -0.1) is 6.58 Å². The van der Waals surface area contributed by atoms with E-state index in [0.29, 0.717) is 6.61 Å². The molecule has 0 fully saturated rings. The Morgan fingerprint density at radius 1 is 1.56 bits per heavy atom.